The molecule has 1 heterocycles. The third-order valence-electron chi connectivity index (χ3n) is 2.91. The summed E-state index contributed by atoms with van der Waals surface area (Å²) in [7, 11) is 1.92. The van der Waals surface area contributed by atoms with Crippen molar-refractivity contribution in [3.63, 3.8) is 0 Å². The Morgan fingerprint density at radius 2 is 2.22 bits per heavy atom. The number of nitrogens with two attached hydrogens (primary N) is 1. The van der Waals surface area contributed by atoms with E-state index in [4.69, 9.17) is 5.84 Å². The summed E-state index contributed by atoms with van der Waals surface area (Å²) in [4.78, 5) is 1.25. The van der Waals surface area contributed by atoms with Crippen molar-refractivity contribution in [1.82, 2.24) is 15.2 Å². The van der Waals surface area contributed by atoms with E-state index in [0.29, 0.717) is 0 Å². The minimum absolute atomic E-state index is 0.109. The number of rotatable bonds is 5. The number of thioether (sulfide) groups is 1. The van der Waals surface area contributed by atoms with Crippen molar-refractivity contribution in [2.75, 3.05) is 6.26 Å². The summed E-state index contributed by atoms with van der Waals surface area (Å²) in [6.45, 7) is 0. The summed E-state index contributed by atoms with van der Waals surface area (Å²) in [5, 5.41) is 4.18. The van der Waals surface area contributed by atoms with Crippen LogP contribution in [0.2, 0.25) is 0 Å². The van der Waals surface area contributed by atoms with Crippen molar-refractivity contribution in [3.05, 3.63) is 47.8 Å². The molecule has 0 aliphatic heterocycles. The van der Waals surface area contributed by atoms with Gasteiger partial charge in [0.05, 0.1) is 12.2 Å². The standard InChI is InChI=1S/C13H18N4S/c1-17-9-10(8-15-17)7-12(16-14)11-5-3-4-6-13(11)18-2/h3-6,8-9,12,16H,7,14H2,1-2H3. The molecule has 0 bridgehead atoms. The molecular formula is C13H18N4S. The van der Waals surface area contributed by atoms with Crippen LogP contribution in [0, 0.1) is 0 Å². The number of hydrazine groups is 1. The van der Waals surface area contributed by atoms with Crippen LogP contribution in [0.3, 0.4) is 0 Å². The molecule has 1 aromatic heterocycles. The fourth-order valence-corrected chi connectivity index (χ4v) is 2.69. The van der Waals surface area contributed by atoms with Crippen LogP contribution in [0.1, 0.15) is 17.2 Å². The lowest BCUT2D eigenvalue weighted by Gasteiger charge is -2.18. The number of benzene rings is 1. The Bertz CT molecular complexity index is 509. The lowest BCUT2D eigenvalue weighted by atomic mass is 10.0. The summed E-state index contributed by atoms with van der Waals surface area (Å²) >= 11 is 1.74. The second kappa shape index (κ2) is 6.04. The van der Waals surface area contributed by atoms with Gasteiger partial charge in [0, 0.05) is 18.1 Å². The highest BCUT2D eigenvalue weighted by molar-refractivity contribution is 7.98. The minimum atomic E-state index is 0.109. The second-order valence-corrected chi connectivity index (χ2v) is 5.04. The van der Waals surface area contributed by atoms with Crippen molar-refractivity contribution < 1.29 is 0 Å². The van der Waals surface area contributed by atoms with Gasteiger partial charge in [-0.2, -0.15) is 5.10 Å². The molecule has 0 radical (unpaired) electrons. The summed E-state index contributed by atoms with van der Waals surface area (Å²) < 4.78 is 1.81. The highest BCUT2D eigenvalue weighted by Crippen LogP contribution is 2.27. The molecule has 3 N–H and O–H groups in total. The number of aryl methyl sites for hydroxylation is 1. The predicted molar refractivity (Wildman–Crippen MR) is 75.2 cm³/mol. The molecule has 0 aliphatic carbocycles. The molecule has 1 aromatic carbocycles. The zero-order valence-corrected chi connectivity index (χ0v) is 11.4. The summed E-state index contributed by atoms with van der Waals surface area (Å²) in [5.41, 5.74) is 5.31. The fraction of sp³-hybridized carbons (Fsp3) is 0.308. The third kappa shape index (κ3) is 2.93. The van der Waals surface area contributed by atoms with E-state index in [1.807, 2.05) is 36.3 Å². The molecule has 2 aromatic rings. The zero-order valence-electron chi connectivity index (χ0n) is 10.6. The normalized spacial score (nSPS) is 12.6. The Kier molecular flexibility index (Phi) is 4.41. The number of nitrogens with zero attached hydrogens (tertiary/aromatic N) is 2. The zero-order chi connectivity index (χ0) is 13.0. The molecular weight excluding hydrogens is 244 g/mol. The molecule has 4 nitrogen and oxygen atoms in total. The molecule has 5 heteroatoms. The highest BCUT2D eigenvalue weighted by atomic mass is 32.2. The van der Waals surface area contributed by atoms with E-state index in [1.165, 1.54) is 16.0 Å². The van der Waals surface area contributed by atoms with E-state index in [9.17, 15) is 0 Å². The van der Waals surface area contributed by atoms with E-state index >= 15 is 0 Å². The average Bonchev–Trinajstić information content (AvgIpc) is 2.81. The van der Waals surface area contributed by atoms with Gasteiger partial charge < -0.3 is 0 Å². The maximum absolute atomic E-state index is 5.70. The molecule has 0 saturated carbocycles. The van der Waals surface area contributed by atoms with Crippen LogP contribution in [0.5, 0.6) is 0 Å². The monoisotopic (exact) mass is 262 g/mol. The van der Waals surface area contributed by atoms with Crippen LogP contribution in [0.15, 0.2) is 41.6 Å². The molecule has 18 heavy (non-hydrogen) atoms. The van der Waals surface area contributed by atoms with Crippen LogP contribution in [0.25, 0.3) is 0 Å². The Labute approximate surface area is 112 Å². The van der Waals surface area contributed by atoms with Crippen molar-refractivity contribution in [1.29, 1.82) is 0 Å². The fourth-order valence-electron chi connectivity index (χ4n) is 2.03. The lowest BCUT2D eigenvalue weighted by Crippen LogP contribution is -2.29. The van der Waals surface area contributed by atoms with Crippen LogP contribution in [-0.2, 0) is 13.5 Å². The van der Waals surface area contributed by atoms with Gasteiger partial charge in [-0.3, -0.25) is 16.0 Å². The van der Waals surface area contributed by atoms with Crippen molar-refractivity contribution in [3.8, 4) is 0 Å². The summed E-state index contributed by atoms with van der Waals surface area (Å²) in [6.07, 6.45) is 6.82. The maximum Gasteiger partial charge on any atom is 0.0522 e. The van der Waals surface area contributed by atoms with Gasteiger partial charge in [0.25, 0.3) is 0 Å². The maximum atomic E-state index is 5.70. The number of hydrogen-bond acceptors (Lipinski definition) is 4. The Hall–Kier alpha value is -1.30. The first kappa shape index (κ1) is 13.1. The summed E-state index contributed by atoms with van der Waals surface area (Å²) in [6, 6.07) is 8.44. The Morgan fingerprint density at radius 3 is 2.83 bits per heavy atom. The van der Waals surface area contributed by atoms with Gasteiger partial charge >= 0.3 is 0 Å². The molecule has 0 saturated heterocycles. The highest BCUT2D eigenvalue weighted by Gasteiger charge is 2.14. The van der Waals surface area contributed by atoms with Gasteiger partial charge in [-0.25, -0.2) is 0 Å². The first-order valence-corrected chi connectivity index (χ1v) is 7.03. The molecule has 96 valence electrons. The predicted octanol–water partition coefficient (Wildman–Crippen LogP) is 1.89. The smallest absolute Gasteiger partial charge is 0.0522 e. The van der Waals surface area contributed by atoms with Crippen molar-refractivity contribution >= 4 is 11.8 Å². The first-order chi connectivity index (χ1) is 8.74. The minimum Gasteiger partial charge on any atom is -0.276 e. The van der Waals surface area contributed by atoms with Crippen molar-refractivity contribution in [2.45, 2.75) is 17.4 Å². The van der Waals surface area contributed by atoms with E-state index < -0.39 is 0 Å². The molecule has 0 aliphatic rings. The van der Waals surface area contributed by atoms with Crippen molar-refractivity contribution in [2.24, 2.45) is 12.9 Å². The van der Waals surface area contributed by atoms with Gasteiger partial charge in [0.15, 0.2) is 0 Å². The third-order valence-corrected chi connectivity index (χ3v) is 3.73. The first-order valence-electron chi connectivity index (χ1n) is 5.81. The van der Waals surface area contributed by atoms with Crippen LogP contribution in [-0.4, -0.2) is 16.0 Å². The quantitative estimate of drug-likeness (QED) is 0.491. The van der Waals surface area contributed by atoms with Gasteiger partial charge in [0.1, 0.15) is 0 Å². The van der Waals surface area contributed by atoms with Gasteiger partial charge in [0.2, 0.25) is 0 Å². The topological polar surface area (TPSA) is 55.9 Å². The second-order valence-electron chi connectivity index (χ2n) is 4.19. The molecule has 1 atom stereocenters. The van der Waals surface area contributed by atoms with Crippen LogP contribution in [0.4, 0.5) is 0 Å². The molecule has 0 spiro atoms. The van der Waals surface area contributed by atoms with E-state index in [1.54, 1.807) is 11.8 Å². The lowest BCUT2D eigenvalue weighted by molar-refractivity contribution is 0.544. The van der Waals surface area contributed by atoms with Gasteiger partial charge in [-0.05, 0) is 29.9 Å². The molecule has 0 amide bonds. The molecule has 0 fully saturated rings. The Morgan fingerprint density at radius 1 is 1.44 bits per heavy atom. The van der Waals surface area contributed by atoms with Gasteiger partial charge in [-0.1, -0.05) is 18.2 Å². The van der Waals surface area contributed by atoms with E-state index in [0.717, 1.165) is 6.42 Å². The number of aromatic nitrogens is 2. The molecule has 1 unspecified atom stereocenters. The number of nitrogens with one attached hydrogen (secondary N) is 1. The molecule has 2 rings (SSSR count). The summed E-state index contributed by atoms with van der Waals surface area (Å²) in [5.74, 6) is 5.70. The number of hydrogen-bond donors (Lipinski definition) is 2. The largest absolute Gasteiger partial charge is 0.276 e. The Balaban J connectivity index is 2.22. The van der Waals surface area contributed by atoms with E-state index in [2.05, 4.69) is 28.9 Å². The van der Waals surface area contributed by atoms with Gasteiger partial charge in [-0.15, -0.1) is 11.8 Å². The SMILES string of the molecule is CSc1ccccc1C(Cc1cnn(C)c1)NN. The average molecular weight is 262 g/mol. The van der Waals surface area contributed by atoms with Crippen LogP contribution < -0.4 is 11.3 Å². The van der Waals surface area contributed by atoms with E-state index in [-0.39, 0.29) is 6.04 Å². The van der Waals surface area contributed by atoms with Crippen LogP contribution >= 0.6 is 11.8 Å².